The molecule has 0 aliphatic carbocycles. The van der Waals surface area contributed by atoms with Gasteiger partial charge in [-0.25, -0.2) is 14.8 Å². The molecular weight excluding hydrogens is 645 g/mol. The maximum atomic E-state index is 14.1. The van der Waals surface area contributed by atoms with E-state index < -0.39 is 29.1 Å². The normalized spacial score (nSPS) is 17.7. The van der Waals surface area contributed by atoms with Crippen molar-refractivity contribution in [1.82, 2.24) is 10.9 Å². The average Bonchev–Trinajstić information content (AvgIpc) is 3.40. The molecule has 3 N–H and O–H groups in total. The first-order valence-corrected chi connectivity index (χ1v) is 15.6. The van der Waals surface area contributed by atoms with Gasteiger partial charge in [0.25, 0.3) is 5.91 Å². The molecule has 9 nitrogen and oxygen atoms in total. The van der Waals surface area contributed by atoms with Crippen molar-refractivity contribution in [2.75, 3.05) is 19.8 Å². The Morgan fingerprint density at radius 3 is 2.38 bits per heavy atom. The molecule has 4 rings (SSSR count). The number of halogens is 2. The SMILES string of the molecule is CC(C)(C)OC(=O)CC[C@]1(C(=O)NNCCc2ccc(F)cc2)N=C(c2ccc(OCCCO)cc2)O[C@H]1c1ccc(Br)cc1. The summed E-state index contributed by atoms with van der Waals surface area (Å²) in [6.07, 6.45) is 0.131. The van der Waals surface area contributed by atoms with E-state index in [1.807, 2.05) is 24.3 Å². The summed E-state index contributed by atoms with van der Waals surface area (Å²) in [7, 11) is 0. The number of ether oxygens (including phenoxy) is 3. The third-order valence-electron chi connectivity index (χ3n) is 6.99. The van der Waals surface area contributed by atoms with Gasteiger partial charge in [0.15, 0.2) is 11.6 Å². The van der Waals surface area contributed by atoms with Gasteiger partial charge in [-0.3, -0.25) is 15.0 Å². The largest absolute Gasteiger partial charge is 0.494 e. The van der Waals surface area contributed by atoms with Gasteiger partial charge < -0.3 is 19.3 Å². The van der Waals surface area contributed by atoms with Crippen molar-refractivity contribution in [2.24, 2.45) is 4.99 Å². The highest BCUT2D eigenvalue weighted by Gasteiger charge is 2.53. The molecule has 0 unspecified atom stereocenters. The number of nitrogens with one attached hydrogen (secondary N) is 2. The lowest BCUT2D eigenvalue weighted by molar-refractivity contribution is -0.155. The van der Waals surface area contributed by atoms with E-state index in [0.29, 0.717) is 42.9 Å². The number of hydrogen-bond donors (Lipinski definition) is 3. The number of benzene rings is 3. The van der Waals surface area contributed by atoms with Gasteiger partial charge in [-0.05, 0) is 93.3 Å². The van der Waals surface area contributed by atoms with Crippen molar-refractivity contribution in [3.63, 3.8) is 0 Å². The molecule has 1 heterocycles. The van der Waals surface area contributed by atoms with Gasteiger partial charge in [-0.1, -0.05) is 40.2 Å². The third kappa shape index (κ3) is 9.59. The Balaban J connectivity index is 1.63. The van der Waals surface area contributed by atoms with Gasteiger partial charge in [0.05, 0.1) is 6.61 Å². The van der Waals surface area contributed by atoms with Crippen LogP contribution < -0.4 is 15.6 Å². The fourth-order valence-corrected chi connectivity index (χ4v) is 5.07. The lowest BCUT2D eigenvalue weighted by atomic mass is 9.83. The maximum Gasteiger partial charge on any atom is 0.306 e. The quantitative estimate of drug-likeness (QED) is 0.115. The fourth-order valence-electron chi connectivity index (χ4n) is 4.80. The molecule has 1 aliphatic heterocycles. The summed E-state index contributed by atoms with van der Waals surface area (Å²) in [4.78, 5) is 31.9. The minimum atomic E-state index is -1.53. The van der Waals surface area contributed by atoms with E-state index in [1.165, 1.54) is 12.1 Å². The van der Waals surface area contributed by atoms with Crippen LogP contribution in [0.2, 0.25) is 0 Å². The van der Waals surface area contributed by atoms with Gasteiger partial charge >= 0.3 is 5.97 Å². The minimum absolute atomic E-state index is 0.0139. The van der Waals surface area contributed by atoms with Gasteiger partial charge in [0.1, 0.15) is 17.2 Å². The predicted molar refractivity (Wildman–Crippen MR) is 172 cm³/mol. The fraction of sp³-hybridized carbons (Fsp3) is 0.382. The third-order valence-corrected chi connectivity index (χ3v) is 7.52. The van der Waals surface area contributed by atoms with Crippen molar-refractivity contribution in [3.8, 4) is 5.75 Å². The highest BCUT2D eigenvalue weighted by molar-refractivity contribution is 9.10. The molecule has 240 valence electrons. The zero-order valence-corrected chi connectivity index (χ0v) is 27.2. The van der Waals surface area contributed by atoms with Crippen molar-refractivity contribution < 1.29 is 33.3 Å². The molecule has 0 fully saturated rings. The van der Waals surface area contributed by atoms with Crippen LogP contribution in [0.4, 0.5) is 4.39 Å². The summed E-state index contributed by atoms with van der Waals surface area (Å²) >= 11 is 3.47. The van der Waals surface area contributed by atoms with Crippen LogP contribution in [0, 0.1) is 5.82 Å². The monoisotopic (exact) mass is 683 g/mol. The van der Waals surface area contributed by atoms with Crippen LogP contribution in [0.15, 0.2) is 82.3 Å². The summed E-state index contributed by atoms with van der Waals surface area (Å²) in [6.45, 7) is 6.15. The van der Waals surface area contributed by atoms with Gasteiger partial charge in [-0.2, -0.15) is 0 Å². The molecule has 3 aromatic carbocycles. The first-order chi connectivity index (χ1) is 21.5. The van der Waals surface area contributed by atoms with Crippen LogP contribution in [-0.2, 0) is 25.5 Å². The van der Waals surface area contributed by atoms with E-state index in [0.717, 1.165) is 10.0 Å². The van der Waals surface area contributed by atoms with Crippen LogP contribution >= 0.6 is 15.9 Å². The van der Waals surface area contributed by atoms with Gasteiger partial charge in [0.2, 0.25) is 5.90 Å². The van der Waals surface area contributed by atoms with E-state index in [1.54, 1.807) is 57.2 Å². The molecule has 1 aliphatic rings. The second kappa shape index (κ2) is 15.5. The number of hydrogen-bond acceptors (Lipinski definition) is 8. The zero-order valence-electron chi connectivity index (χ0n) is 25.6. The van der Waals surface area contributed by atoms with E-state index in [-0.39, 0.29) is 31.2 Å². The van der Waals surface area contributed by atoms with E-state index in [2.05, 4.69) is 26.8 Å². The summed E-state index contributed by atoms with van der Waals surface area (Å²) in [5.41, 5.74) is 5.76. The number of rotatable bonds is 14. The Bertz CT molecular complexity index is 1460. The molecule has 0 saturated carbocycles. The molecule has 1 amide bonds. The Labute approximate surface area is 271 Å². The maximum absolute atomic E-state index is 14.1. The molecule has 45 heavy (non-hydrogen) atoms. The smallest absolute Gasteiger partial charge is 0.306 e. The van der Waals surface area contributed by atoms with E-state index >= 15 is 0 Å². The summed E-state index contributed by atoms with van der Waals surface area (Å²) in [5, 5.41) is 9.03. The number of carbonyl (C=O) groups excluding carboxylic acids is 2. The molecule has 0 radical (unpaired) electrons. The highest BCUT2D eigenvalue weighted by atomic mass is 79.9. The van der Waals surface area contributed by atoms with Crippen LogP contribution in [0.25, 0.3) is 0 Å². The molecule has 11 heteroatoms. The number of esters is 1. The number of amides is 1. The van der Waals surface area contributed by atoms with Crippen LogP contribution in [0.5, 0.6) is 5.75 Å². The number of nitrogens with zero attached hydrogens (tertiary/aromatic N) is 1. The molecule has 0 aromatic heterocycles. The lowest BCUT2D eigenvalue weighted by Gasteiger charge is -2.31. The summed E-state index contributed by atoms with van der Waals surface area (Å²) < 4.78 is 31.8. The van der Waals surface area contributed by atoms with Crippen molar-refractivity contribution in [2.45, 2.75) is 63.7 Å². The van der Waals surface area contributed by atoms with Crippen molar-refractivity contribution in [3.05, 3.63) is 99.8 Å². The van der Waals surface area contributed by atoms with Crippen molar-refractivity contribution in [1.29, 1.82) is 0 Å². The first-order valence-electron chi connectivity index (χ1n) is 14.8. The van der Waals surface area contributed by atoms with Gasteiger partial charge in [-0.15, -0.1) is 0 Å². The highest BCUT2D eigenvalue weighted by Crippen LogP contribution is 2.43. The molecule has 0 spiro atoms. The molecule has 0 bridgehead atoms. The van der Waals surface area contributed by atoms with E-state index in [9.17, 15) is 14.0 Å². The van der Waals surface area contributed by atoms with Crippen molar-refractivity contribution >= 4 is 33.7 Å². The molecule has 3 aromatic rings. The van der Waals surface area contributed by atoms with Crippen LogP contribution in [0.1, 0.15) is 62.8 Å². The first kappa shape index (κ1) is 34.1. The number of aliphatic hydroxyl groups excluding tert-OH is 1. The Kier molecular flexibility index (Phi) is 11.7. The van der Waals surface area contributed by atoms with Crippen LogP contribution in [0.3, 0.4) is 0 Å². The number of aliphatic imine (C=N–C) groups is 1. The Morgan fingerprint density at radius 1 is 1.04 bits per heavy atom. The number of carbonyl (C=O) groups is 2. The summed E-state index contributed by atoms with van der Waals surface area (Å²) in [6, 6.07) is 20.7. The number of aliphatic hydroxyl groups is 1. The second-order valence-corrected chi connectivity index (χ2v) is 12.6. The number of hydrazine groups is 1. The average molecular weight is 685 g/mol. The predicted octanol–water partition coefficient (Wildman–Crippen LogP) is 5.59. The Morgan fingerprint density at radius 2 is 1.73 bits per heavy atom. The van der Waals surface area contributed by atoms with Crippen LogP contribution in [-0.4, -0.2) is 53.8 Å². The van der Waals surface area contributed by atoms with E-state index in [4.69, 9.17) is 24.3 Å². The second-order valence-electron chi connectivity index (χ2n) is 11.7. The lowest BCUT2D eigenvalue weighted by Crippen LogP contribution is -2.53. The van der Waals surface area contributed by atoms with Gasteiger partial charge in [0, 0.05) is 36.0 Å². The molecular formula is C34H39BrFN3O6. The standard InChI is InChI=1S/C34H39BrFN3O6/c1-33(2,3)45-29(41)17-19-34(32(42)39-37-20-18-23-5-13-27(36)14-6-23)30(24-7-11-26(35)12-8-24)44-31(38-34)25-9-15-28(16-10-25)43-22-4-21-40/h5-16,30,37,40H,4,17-22H2,1-3H3,(H,39,42)/t30-,34-/m0/s1. The molecule has 0 saturated heterocycles. The topological polar surface area (TPSA) is 118 Å². The zero-order chi connectivity index (χ0) is 32.5. The Hall–Kier alpha value is -3.80. The minimum Gasteiger partial charge on any atom is -0.494 e. The summed E-state index contributed by atoms with van der Waals surface area (Å²) in [5.74, 6) is -0.381. The molecule has 2 atom stereocenters.